The van der Waals surface area contributed by atoms with Crippen LogP contribution in [0.15, 0.2) is 133 Å². The molecule has 53 heavy (non-hydrogen) atoms. The Morgan fingerprint density at radius 3 is 2.06 bits per heavy atom. The van der Waals surface area contributed by atoms with Gasteiger partial charge in [0, 0.05) is 37.6 Å². The first-order valence-corrected chi connectivity index (χ1v) is 20.3. The van der Waals surface area contributed by atoms with E-state index in [9.17, 15) is 9.59 Å². The van der Waals surface area contributed by atoms with E-state index in [0.29, 0.717) is 23.4 Å². The van der Waals surface area contributed by atoms with Crippen molar-refractivity contribution >= 4 is 29.3 Å². The summed E-state index contributed by atoms with van der Waals surface area (Å²) in [5.74, 6) is 1.49. The second-order valence-corrected chi connectivity index (χ2v) is 15.8. The summed E-state index contributed by atoms with van der Waals surface area (Å²) in [6, 6.07) is 18.5. The van der Waals surface area contributed by atoms with E-state index in [1.165, 1.54) is 27.4 Å². The van der Waals surface area contributed by atoms with Crippen LogP contribution in [0.1, 0.15) is 46.1 Å². The van der Waals surface area contributed by atoms with E-state index < -0.39 is 0 Å². The molecule has 0 aromatic heterocycles. The summed E-state index contributed by atoms with van der Waals surface area (Å²) in [6.45, 7) is 12.9. The number of anilines is 2. The molecule has 0 spiro atoms. The van der Waals surface area contributed by atoms with Crippen LogP contribution < -0.4 is 9.80 Å². The van der Waals surface area contributed by atoms with Crippen LogP contribution in [0.3, 0.4) is 0 Å². The van der Waals surface area contributed by atoms with Gasteiger partial charge in [-0.2, -0.15) is 0 Å². The minimum Gasteiger partial charge on any atom is -0.372 e. The number of amides is 2. The number of carbonyl (C=O) groups is 2. The van der Waals surface area contributed by atoms with E-state index in [1.807, 2.05) is 30.3 Å². The van der Waals surface area contributed by atoms with Crippen molar-refractivity contribution in [3.05, 3.63) is 138 Å². The van der Waals surface area contributed by atoms with Crippen LogP contribution in [0.5, 0.6) is 0 Å². The fourth-order valence-electron chi connectivity index (χ4n) is 10.9. The molecule has 0 N–H and O–H groups in total. The van der Waals surface area contributed by atoms with Crippen molar-refractivity contribution in [3.63, 3.8) is 0 Å². The van der Waals surface area contributed by atoms with Gasteiger partial charge in [-0.3, -0.25) is 14.5 Å². The van der Waals surface area contributed by atoms with E-state index in [4.69, 9.17) is 0 Å². The van der Waals surface area contributed by atoms with Crippen molar-refractivity contribution in [2.24, 2.45) is 59.2 Å². The summed E-state index contributed by atoms with van der Waals surface area (Å²) >= 11 is 0. The monoisotopic (exact) mass is 705 g/mol. The molecule has 274 valence electrons. The van der Waals surface area contributed by atoms with Gasteiger partial charge in [0.2, 0.25) is 11.8 Å². The van der Waals surface area contributed by atoms with Gasteiger partial charge >= 0.3 is 0 Å². The number of nitrogens with zero attached hydrogens (tertiary/aromatic N) is 3. The SMILES string of the molecule is CCN(CC)C1=CCC(/C=C/C2=CC3C(C=C2)C2C4CC(/C=C/c5ccc(N(CC)CC)cc5)C=CC4C3[C@@H]3C(=O)N(c4ccccc4)C(=O)[C@H]23)C=C1. The zero-order valence-corrected chi connectivity index (χ0v) is 31.8. The van der Waals surface area contributed by atoms with Crippen LogP contribution in [0.25, 0.3) is 6.08 Å². The highest BCUT2D eigenvalue weighted by atomic mass is 16.2. The lowest BCUT2D eigenvalue weighted by Gasteiger charge is -2.61. The van der Waals surface area contributed by atoms with Crippen LogP contribution in [0, 0.1) is 59.2 Å². The Bertz CT molecular complexity index is 1890. The molecule has 6 aliphatic carbocycles. The van der Waals surface area contributed by atoms with Gasteiger partial charge in [-0.1, -0.05) is 97.2 Å². The number of imide groups is 1. The smallest absolute Gasteiger partial charge is 0.238 e. The van der Waals surface area contributed by atoms with Crippen LogP contribution in [-0.2, 0) is 9.59 Å². The fourth-order valence-corrected chi connectivity index (χ4v) is 10.9. The van der Waals surface area contributed by atoms with E-state index >= 15 is 0 Å². The van der Waals surface area contributed by atoms with Crippen LogP contribution in [0.2, 0.25) is 0 Å². The van der Waals surface area contributed by atoms with Crippen molar-refractivity contribution in [3.8, 4) is 0 Å². The molecule has 9 rings (SSSR count). The molecule has 5 nitrogen and oxygen atoms in total. The lowest BCUT2D eigenvalue weighted by atomic mass is 9.41. The number of benzene rings is 2. The molecular formula is C48H55N3O2. The summed E-state index contributed by atoms with van der Waals surface area (Å²) in [5.41, 5.74) is 5.73. The number of carbonyl (C=O) groups excluding carboxylic acids is 2. The van der Waals surface area contributed by atoms with Gasteiger partial charge in [0.05, 0.1) is 17.5 Å². The van der Waals surface area contributed by atoms with Crippen molar-refractivity contribution < 1.29 is 9.59 Å². The number of hydrogen-bond acceptors (Lipinski definition) is 4. The molecule has 10 atom stereocenters. The molecule has 5 heteroatoms. The average Bonchev–Trinajstić information content (AvgIpc) is 3.47. The minimum absolute atomic E-state index is 0.00450. The zero-order chi connectivity index (χ0) is 36.6. The highest BCUT2D eigenvalue weighted by Gasteiger charge is 2.68. The highest BCUT2D eigenvalue weighted by Crippen LogP contribution is 2.66. The number of para-hydroxylation sites is 1. The van der Waals surface area contributed by atoms with Gasteiger partial charge in [0.1, 0.15) is 0 Å². The van der Waals surface area contributed by atoms with Crippen molar-refractivity contribution in [1.82, 2.24) is 4.90 Å². The summed E-state index contributed by atoms with van der Waals surface area (Å²) in [6.07, 6.45) is 30.2. The molecule has 2 amide bonds. The van der Waals surface area contributed by atoms with Crippen LogP contribution in [0.4, 0.5) is 11.4 Å². The second kappa shape index (κ2) is 15.0. The lowest BCUT2D eigenvalue weighted by Crippen LogP contribution is -2.60. The molecule has 1 heterocycles. The first kappa shape index (κ1) is 35.4. The Morgan fingerprint density at radius 2 is 1.38 bits per heavy atom. The van der Waals surface area contributed by atoms with Gasteiger partial charge in [-0.05, 0) is 129 Å². The molecule has 1 aliphatic heterocycles. The van der Waals surface area contributed by atoms with Gasteiger partial charge in [-0.15, -0.1) is 0 Å². The first-order chi connectivity index (χ1) is 25.9. The average molecular weight is 706 g/mol. The third kappa shape index (κ3) is 6.40. The van der Waals surface area contributed by atoms with E-state index in [1.54, 1.807) is 0 Å². The lowest BCUT2D eigenvalue weighted by molar-refractivity contribution is -0.149. The molecule has 8 unspecified atom stereocenters. The molecule has 7 aliphatic rings. The Morgan fingerprint density at radius 1 is 0.679 bits per heavy atom. The Kier molecular flexibility index (Phi) is 10.0. The molecule has 0 radical (unpaired) electrons. The number of hydrogen-bond donors (Lipinski definition) is 0. The standard InChI is InChI=1S/C48H55N3O2/c1-5-49(6-2)36-24-18-32(19-25-36)14-16-34-22-28-39-41(30-34)43-40-29-23-35(17-15-33-20-26-37(27-21-33)50(7-3)8-4)31-42(40)44(39)46-45(43)47(52)51(48(46)53)38-12-10-9-11-13-38/h9-20,22-29,31,33-34,39-46H,5-8,21,30H2,1-4H3/b16-14+,17-15+/t33?,34?,39?,40?,41?,42?,43?,44?,45-,46+/m1/s1. The van der Waals surface area contributed by atoms with Gasteiger partial charge in [0.25, 0.3) is 0 Å². The largest absolute Gasteiger partial charge is 0.372 e. The third-order valence-electron chi connectivity index (χ3n) is 13.4. The normalized spacial score (nSPS) is 32.6. The molecule has 2 aromatic rings. The van der Waals surface area contributed by atoms with Gasteiger partial charge in [-0.25, -0.2) is 0 Å². The minimum atomic E-state index is -0.283. The quantitative estimate of drug-likeness (QED) is 0.173. The molecule has 2 aromatic carbocycles. The zero-order valence-electron chi connectivity index (χ0n) is 31.8. The number of rotatable bonds is 11. The van der Waals surface area contributed by atoms with Crippen molar-refractivity contribution in [1.29, 1.82) is 0 Å². The maximum atomic E-state index is 14.5. The molecule has 2 bridgehead atoms. The van der Waals surface area contributed by atoms with Crippen LogP contribution >= 0.6 is 0 Å². The van der Waals surface area contributed by atoms with E-state index in [2.05, 4.69) is 135 Å². The second-order valence-electron chi connectivity index (χ2n) is 15.8. The Balaban J connectivity index is 1.07. The van der Waals surface area contributed by atoms with Gasteiger partial charge in [0.15, 0.2) is 0 Å². The molecule has 1 saturated heterocycles. The van der Waals surface area contributed by atoms with Crippen LogP contribution in [-0.4, -0.2) is 42.9 Å². The van der Waals surface area contributed by atoms with Crippen molar-refractivity contribution in [2.45, 2.75) is 40.5 Å². The summed E-state index contributed by atoms with van der Waals surface area (Å²) in [5, 5.41) is 0. The molecular weight excluding hydrogens is 651 g/mol. The predicted molar refractivity (Wildman–Crippen MR) is 218 cm³/mol. The van der Waals surface area contributed by atoms with E-state index in [0.717, 1.165) is 39.0 Å². The summed E-state index contributed by atoms with van der Waals surface area (Å²) in [4.78, 5) is 35.2. The first-order valence-electron chi connectivity index (χ1n) is 20.3. The topological polar surface area (TPSA) is 43.9 Å². The maximum absolute atomic E-state index is 14.5. The van der Waals surface area contributed by atoms with Gasteiger partial charge < -0.3 is 9.80 Å². The van der Waals surface area contributed by atoms with E-state index in [-0.39, 0.29) is 53.2 Å². The summed E-state index contributed by atoms with van der Waals surface area (Å²) < 4.78 is 0. The number of likely N-dealkylation sites (N-methyl/N-ethyl adjacent to an activating group) is 1. The summed E-state index contributed by atoms with van der Waals surface area (Å²) in [7, 11) is 0. The third-order valence-corrected chi connectivity index (χ3v) is 13.4. The molecule has 3 saturated carbocycles. The fraction of sp³-hybridized carbons (Fsp3) is 0.417. The predicted octanol–water partition coefficient (Wildman–Crippen LogP) is 9.51. The Hall–Kier alpha value is -4.64. The molecule has 4 fully saturated rings. The maximum Gasteiger partial charge on any atom is 0.238 e. The van der Waals surface area contributed by atoms with Crippen molar-refractivity contribution in [2.75, 3.05) is 36.0 Å². The highest BCUT2D eigenvalue weighted by molar-refractivity contribution is 6.22. The Labute approximate surface area is 316 Å². The number of allylic oxidation sites excluding steroid dienone is 12.